The molecule has 0 aromatic heterocycles. The predicted octanol–water partition coefficient (Wildman–Crippen LogP) is 2.27. The molecule has 0 aliphatic carbocycles. The lowest BCUT2D eigenvalue weighted by Gasteiger charge is -2.24. The van der Waals surface area contributed by atoms with Crippen LogP contribution >= 0.6 is 13.5 Å². The minimum atomic E-state index is -1.61. The number of alkyl halides is 1. The summed E-state index contributed by atoms with van der Waals surface area (Å²) in [6.07, 6.45) is -2.35. The van der Waals surface area contributed by atoms with E-state index < -0.39 is 41.8 Å². The number of carbonyl (C=O) groups excluding carboxylic acids is 1. The number of hydrogen-bond acceptors (Lipinski definition) is 5. The second-order valence-electron chi connectivity index (χ2n) is 7.05. The van der Waals surface area contributed by atoms with E-state index in [-0.39, 0.29) is 19.1 Å². The number of rotatable bonds is 4. The number of aliphatic hydroxyl groups is 1. The molecule has 160 valence electrons. The average Bonchev–Trinajstić information content (AvgIpc) is 3.02. The molecule has 4 N–H and O–H groups in total. The first kappa shape index (κ1) is 26.1. The van der Waals surface area contributed by atoms with E-state index >= 15 is 0 Å². The van der Waals surface area contributed by atoms with Crippen molar-refractivity contribution in [1.29, 1.82) is 0 Å². The summed E-state index contributed by atoms with van der Waals surface area (Å²) in [5.41, 5.74) is -0.631. The van der Waals surface area contributed by atoms with Gasteiger partial charge in [-0.05, 0) is 51.4 Å². The van der Waals surface area contributed by atoms with Gasteiger partial charge in [-0.15, -0.1) is 0 Å². The number of halogens is 2. The number of nitrogens with one attached hydrogen (secondary N) is 2. The third-order valence-corrected chi connectivity index (χ3v) is 3.47. The van der Waals surface area contributed by atoms with Gasteiger partial charge in [-0.1, -0.05) is 12.1 Å². The monoisotopic (exact) mass is 422 g/mol. The Bertz CT molecular complexity index is 619. The highest BCUT2D eigenvalue weighted by Gasteiger charge is 2.31. The number of carboxylic acids is 1. The van der Waals surface area contributed by atoms with Gasteiger partial charge in [0.05, 0.1) is 0 Å². The first-order valence-corrected chi connectivity index (χ1v) is 8.50. The Hall–Kier alpha value is -1.91. The molecular formula is C18H28F2N2O5S. The van der Waals surface area contributed by atoms with Crippen molar-refractivity contribution in [1.82, 2.24) is 10.6 Å². The molecule has 0 saturated carbocycles. The number of alkyl carbamates (subject to hydrolysis) is 1. The summed E-state index contributed by atoms with van der Waals surface area (Å²) in [4.78, 5) is 22.8. The van der Waals surface area contributed by atoms with Gasteiger partial charge < -0.3 is 25.6 Å². The summed E-state index contributed by atoms with van der Waals surface area (Å²) >= 11 is 0. The Morgan fingerprint density at radius 2 is 1.86 bits per heavy atom. The van der Waals surface area contributed by atoms with E-state index in [4.69, 9.17) is 9.84 Å². The lowest BCUT2D eigenvalue weighted by Crippen LogP contribution is -2.46. The topological polar surface area (TPSA) is 108 Å². The first-order valence-electron chi connectivity index (χ1n) is 8.50. The van der Waals surface area contributed by atoms with Gasteiger partial charge in [0.1, 0.15) is 23.7 Å². The number of aliphatic hydroxyl groups excluding tert-OH is 1. The zero-order valence-corrected chi connectivity index (χ0v) is 17.0. The third kappa shape index (κ3) is 9.86. The molecule has 0 unspecified atom stereocenters. The highest BCUT2D eigenvalue weighted by Crippen LogP contribution is 2.18. The molecule has 1 aromatic carbocycles. The molecule has 1 saturated heterocycles. The molecule has 1 heterocycles. The van der Waals surface area contributed by atoms with Crippen molar-refractivity contribution < 1.29 is 33.3 Å². The molecule has 28 heavy (non-hydrogen) atoms. The second-order valence-corrected chi connectivity index (χ2v) is 7.05. The van der Waals surface area contributed by atoms with Gasteiger partial charge in [-0.2, -0.15) is 13.5 Å². The molecule has 0 radical (unpaired) electrons. The van der Waals surface area contributed by atoms with Crippen LogP contribution in [0.2, 0.25) is 0 Å². The van der Waals surface area contributed by atoms with E-state index in [9.17, 15) is 23.5 Å². The number of hydrogen-bond donors (Lipinski definition) is 4. The van der Waals surface area contributed by atoms with E-state index in [0.29, 0.717) is 13.0 Å². The zero-order chi connectivity index (χ0) is 20.6. The van der Waals surface area contributed by atoms with Crippen LogP contribution in [0.3, 0.4) is 0 Å². The van der Waals surface area contributed by atoms with Crippen molar-refractivity contribution >= 4 is 25.6 Å². The fraction of sp³-hybridized carbons (Fsp3) is 0.556. The maximum atomic E-state index is 12.8. The molecule has 1 amide bonds. The summed E-state index contributed by atoms with van der Waals surface area (Å²) in [5.74, 6) is -1.95. The van der Waals surface area contributed by atoms with Crippen LogP contribution < -0.4 is 10.6 Å². The van der Waals surface area contributed by atoms with Crippen LogP contribution in [0.15, 0.2) is 24.3 Å². The van der Waals surface area contributed by atoms with Crippen LogP contribution in [0.25, 0.3) is 0 Å². The van der Waals surface area contributed by atoms with Crippen LogP contribution in [0.4, 0.5) is 13.6 Å². The highest BCUT2D eigenvalue weighted by atomic mass is 32.1. The van der Waals surface area contributed by atoms with E-state index in [1.807, 2.05) is 0 Å². The molecule has 1 fully saturated rings. The summed E-state index contributed by atoms with van der Waals surface area (Å²) in [5, 5.41) is 24.1. The van der Waals surface area contributed by atoms with E-state index in [1.165, 1.54) is 12.1 Å². The van der Waals surface area contributed by atoms with Crippen molar-refractivity contribution in [2.24, 2.45) is 0 Å². The Labute approximate surface area is 169 Å². The second kappa shape index (κ2) is 11.8. The molecule has 0 bridgehead atoms. The lowest BCUT2D eigenvalue weighted by molar-refractivity contribution is -0.142. The summed E-state index contributed by atoms with van der Waals surface area (Å²) in [6, 6.07) is 3.06. The van der Waals surface area contributed by atoms with Crippen molar-refractivity contribution in [2.45, 2.75) is 51.1 Å². The number of aliphatic carboxylic acids is 1. The smallest absolute Gasteiger partial charge is 0.408 e. The summed E-state index contributed by atoms with van der Waals surface area (Å²) in [7, 11) is 0. The van der Waals surface area contributed by atoms with E-state index in [1.54, 1.807) is 20.8 Å². The number of ether oxygens (including phenoxy) is 1. The number of benzene rings is 1. The van der Waals surface area contributed by atoms with Crippen molar-refractivity contribution in [3.8, 4) is 0 Å². The van der Waals surface area contributed by atoms with Crippen LogP contribution in [-0.4, -0.2) is 53.2 Å². The molecule has 3 atom stereocenters. The molecule has 1 aromatic rings. The fourth-order valence-electron chi connectivity index (χ4n) is 2.18. The van der Waals surface area contributed by atoms with Crippen molar-refractivity contribution in [3.63, 3.8) is 0 Å². The van der Waals surface area contributed by atoms with Crippen LogP contribution in [0, 0.1) is 5.82 Å². The van der Waals surface area contributed by atoms with Crippen molar-refractivity contribution in [3.05, 3.63) is 35.6 Å². The van der Waals surface area contributed by atoms with Crippen molar-refractivity contribution in [2.75, 3.05) is 13.1 Å². The Balaban J connectivity index is 0.000000884. The van der Waals surface area contributed by atoms with Crippen LogP contribution in [0.5, 0.6) is 0 Å². The maximum absolute atomic E-state index is 12.8. The van der Waals surface area contributed by atoms with Gasteiger partial charge >= 0.3 is 12.1 Å². The van der Waals surface area contributed by atoms with Gasteiger partial charge in [0.25, 0.3) is 0 Å². The lowest BCUT2D eigenvalue weighted by atomic mass is 10.0. The van der Waals surface area contributed by atoms with Gasteiger partial charge in [-0.25, -0.2) is 18.4 Å². The SMILES string of the molecule is CC(C)(C)OC(=O)N[C@@H](C(=O)O)[C@@H](O)c1ccc(F)cc1.F[C@H]1CCNC1.S. The minimum absolute atomic E-state index is 0. The standard InChI is InChI=1S/C14H18FNO5.C4H8FN.H2S/c1-14(2,3)21-13(20)16-10(12(18)19)11(17)8-4-6-9(15)7-5-8;5-4-1-2-6-3-4;/h4-7,10-11,17H,1-3H3,(H,16,20)(H,18,19);4,6H,1-3H2;1H2/t10-,11+;4-;/m10./s1. The van der Waals surface area contributed by atoms with Gasteiger partial charge in [0.2, 0.25) is 0 Å². The molecular weight excluding hydrogens is 394 g/mol. The predicted molar refractivity (Wildman–Crippen MR) is 105 cm³/mol. The minimum Gasteiger partial charge on any atom is -0.480 e. The number of amides is 1. The Morgan fingerprint density at radius 3 is 2.21 bits per heavy atom. The average molecular weight is 422 g/mol. The molecule has 2 rings (SSSR count). The van der Waals surface area contributed by atoms with E-state index in [0.717, 1.165) is 18.7 Å². The number of carboxylic acid groups (broad SMARTS) is 1. The van der Waals surface area contributed by atoms with Crippen LogP contribution in [-0.2, 0) is 9.53 Å². The number of carbonyl (C=O) groups is 2. The molecule has 10 heteroatoms. The molecule has 1 aliphatic rings. The van der Waals surface area contributed by atoms with Gasteiger partial charge in [0, 0.05) is 6.54 Å². The molecule has 0 spiro atoms. The van der Waals surface area contributed by atoms with Gasteiger partial charge in [-0.3, -0.25) is 0 Å². The van der Waals surface area contributed by atoms with E-state index in [2.05, 4.69) is 10.6 Å². The summed E-state index contributed by atoms with van der Waals surface area (Å²) < 4.78 is 29.6. The Morgan fingerprint density at radius 1 is 1.29 bits per heavy atom. The Kier molecular flexibility index (Phi) is 11.0. The summed E-state index contributed by atoms with van der Waals surface area (Å²) in [6.45, 7) is 6.30. The third-order valence-electron chi connectivity index (χ3n) is 3.47. The molecule has 7 nitrogen and oxygen atoms in total. The van der Waals surface area contributed by atoms with Gasteiger partial charge in [0.15, 0.2) is 6.04 Å². The quantitative estimate of drug-likeness (QED) is 0.593. The highest BCUT2D eigenvalue weighted by molar-refractivity contribution is 7.59. The maximum Gasteiger partial charge on any atom is 0.408 e. The first-order chi connectivity index (χ1) is 12.5. The normalized spacial score (nSPS) is 18.0. The largest absolute Gasteiger partial charge is 0.480 e. The van der Waals surface area contributed by atoms with Crippen LogP contribution in [0.1, 0.15) is 38.9 Å². The fourth-order valence-corrected chi connectivity index (χ4v) is 2.18. The molecule has 1 aliphatic heterocycles. The zero-order valence-electron chi connectivity index (χ0n) is 16.0.